The molecule has 0 N–H and O–H groups in total. The highest BCUT2D eigenvalue weighted by Crippen LogP contribution is 2.30. The lowest BCUT2D eigenvalue weighted by Gasteiger charge is -2.10. The molecule has 0 heterocycles. The van der Waals surface area contributed by atoms with Crippen LogP contribution in [0, 0.1) is 0 Å². The molecule has 0 unspecified atom stereocenters. The first-order valence-electron chi connectivity index (χ1n) is 8.21. The molecule has 0 amide bonds. The van der Waals surface area contributed by atoms with Crippen molar-refractivity contribution in [2.75, 3.05) is 0 Å². The molecule has 0 saturated carbocycles. The number of rotatable bonds is 1. The second-order valence-electron chi connectivity index (χ2n) is 5.89. The molecular weight excluding hydrogens is 288 g/mol. The van der Waals surface area contributed by atoms with Crippen LogP contribution in [0.5, 0.6) is 0 Å². The van der Waals surface area contributed by atoms with Gasteiger partial charge in [0.25, 0.3) is 0 Å². The molecule has 0 radical (unpaired) electrons. The Labute approximate surface area is 143 Å². The summed E-state index contributed by atoms with van der Waals surface area (Å²) >= 11 is 0. The van der Waals surface area contributed by atoms with Crippen LogP contribution in [0.15, 0.2) is 109 Å². The van der Waals surface area contributed by atoms with Gasteiger partial charge in [0.2, 0.25) is 0 Å². The summed E-state index contributed by atoms with van der Waals surface area (Å²) in [6.07, 6.45) is 0. The maximum Gasteiger partial charge on any atom is -0.0184 e. The molecular formula is C24H18. The lowest BCUT2D eigenvalue weighted by atomic mass is 9.95. The van der Waals surface area contributed by atoms with Gasteiger partial charge in [-0.1, -0.05) is 109 Å². The van der Waals surface area contributed by atoms with E-state index in [0.717, 1.165) is 0 Å². The van der Waals surface area contributed by atoms with E-state index in [-0.39, 0.29) is 0 Å². The van der Waals surface area contributed by atoms with Gasteiger partial charge >= 0.3 is 0 Å². The molecule has 0 aliphatic heterocycles. The molecule has 4 aromatic carbocycles. The van der Waals surface area contributed by atoms with E-state index in [1.165, 1.54) is 33.4 Å². The van der Waals surface area contributed by atoms with Gasteiger partial charge in [-0.05, 0) is 33.4 Å². The Hall–Kier alpha value is -3.12. The molecule has 0 atom stereocenters. The summed E-state index contributed by atoms with van der Waals surface area (Å²) in [5, 5.41) is 0. The molecule has 0 spiro atoms. The molecule has 4 aliphatic carbocycles. The van der Waals surface area contributed by atoms with E-state index in [4.69, 9.17) is 0 Å². The summed E-state index contributed by atoms with van der Waals surface area (Å²) in [5.41, 5.74) is 7.79. The third-order valence-corrected chi connectivity index (χ3v) is 4.32. The summed E-state index contributed by atoms with van der Waals surface area (Å²) in [6.45, 7) is 0. The number of hydrogen-bond acceptors (Lipinski definition) is 0. The zero-order valence-corrected chi connectivity index (χ0v) is 13.4. The van der Waals surface area contributed by atoms with Crippen molar-refractivity contribution in [2.24, 2.45) is 0 Å². The van der Waals surface area contributed by atoms with Gasteiger partial charge in [-0.3, -0.25) is 0 Å². The first kappa shape index (κ1) is 14.5. The monoisotopic (exact) mass is 306 g/mol. The van der Waals surface area contributed by atoms with Gasteiger partial charge < -0.3 is 0 Å². The minimum Gasteiger partial charge on any atom is -0.0622 e. The molecule has 0 heteroatoms. The van der Waals surface area contributed by atoms with Crippen molar-refractivity contribution in [3.8, 4) is 33.4 Å². The van der Waals surface area contributed by atoms with Crippen molar-refractivity contribution in [2.45, 2.75) is 0 Å². The molecule has 0 aromatic heterocycles. The minimum absolute atomic E-state index is 1.28. The Bertz CT molecular complexity index is 780. The van der Waals surface area contributed by atoms with Crippen LogP contribution < -0.4 is 0 Å². The van der Waals surface area contributed by atoms with Crippen molar-refractivity contribution in [1.29, 1.82) is 0 Å². The fourth-order valence-electron chi connectivity index (χ4n) is 2.97. The molecule has 0 saturated heterocycles. The second kappa shape index (κ2) is 6.55. The third-order valence-electron chi connectivity index (χ3n) is 4.32. The Morgan fingerprint density at radius 2 is 0.417 bits per heavy atom. The van der Waals surface area contributed by atoms with Crippen molar-refractivity contribution < 1.29 is 0 Å². The van der Waals surface area contributed by atoms with Crippen molar-refractivity contribution >= 4 is 0 Å². The topological polar surface area (TPSA) is 0 Å². The lowest BCUT2D eigenvalue weighted by molar-refractivity contribution is 1.55. The van der Waals surface area contributed by atoms with E-state index in [9.17, 15) is 0 Å². The van der Waals surface area contributed by atoms with Crippen LogP contribution in [-0.2, 0) is 0 Å². The highest BCUT2D eigenvalue weighted by atomic mass is 14.1. The molecule has 114 valence electrons. The average molecular weight is 306 g/mol. The average Bonchev–Trinajstić information content (AvgIpc) is 2.67. The molecule has 4 aromatic rings. The summed E-state index contributed by atoms with van der Waals surface area (Å²) in [5.74, 6) is 0. The molecule has 8 rings (SSSR count). The van der Waals surface area contributed by atoms with Gasteiger partial charge in [-0.2, -0.15) is 0 Å². The minimum atomic E-state index is 1.28. The van der Waals surface area contributed by atoms with Crippen molar-refractivity contribution in [1.82, 2.24) is 0 Å². The Morgan fingerprint density at radius 1 is 0.208 bits per heavy atom. The summed E-state index contributed by atoms with van der Waals surface area (Å²) in [4.78, 5) is 0. The molecule has 0 fully saturated rings. The van der Waals surface area contributed by atoms with E-state index < -0.39 is 0 Å². The SMILES string of the molecule is c1cc2ccc1-c1ccc-2cc1.c1ccc(-c2ccccc2)cc1. The zero-order valence-electron chi connectivity index (χ0n) is 13.4. The smallest absolute Gasteiger partial charge is 0.0184 e. The van der Waals surface area contributed by atoms with Gasteiger partial charge in [0, 0.05) is 0 Å². The van der Waals surface area contributed by atoms with Crippen LogP contribution in [0.4, 0.5) is 0 Å². The Balaban J connectivity index is 0.000000121. The van der Waals surface area contributed by atoms with Gasteiger partial charge in [-0.25, -0.2) is 0 Å². The predicted molar refractivity (Wildman–Crippen MR) is 103 cm³/mol. The van der Waals surface area contributed by atoms with Gasteiger partial charge in [0.05, 0.1) is 0 Å². The van der Waals surface area contributed by atoms with Crippen LogP contribution in [0.2, 0.25) is 0 Å². The normalized spacial score (nSPS) is 10.5. The van der Waals surface area contributed by atoms with Gasteiger partial charge in [0.1, 0.15) is 0 Å². The number of benzene rings is 4. The molecule has 24 heavy (non-hydrogen) atoms. The van der Waals surface area contributed by atoms with Crippen LogP contribution in [0.3, 0.4) is 0 Å². The van der Waals surface area contributed by atoms with Gasteiger partial charge in [0.15, 0.2) is 0 Å². The fourth-order valence-corrected chi connectivity index (χ4v) is 2.97. The largest absolute Gasteiger partial charge is 0.0622 e. The van der Waals surface area contributed by atoms with Crippen molar-refractivity contribution in [3.63, 3.8) is 0 Å². The maximum absolute atomic E-state index is 2.18. The van der Waals surface area contributed by atoms with E-state index in [1.54, 1.807) is 0 Å². The first-order chi connectivity index (χ1) is 11.9. The highest BCUT2D eigenvalue weighted by molar-refractivity contribution is 5.76. The maximum atomic E-state index is 2.18. The molecule has 4 aliphatic rings. The van der Waals surface area contributed by atoms with E-state index in [2.05, 4.69) is 97.1 Å². The van der Waals surface area contributed by atoms with Crippen LogP contribution in [0.1, 0.15) is 0 Å². The van der Waals surface area contributed by atoms with Gasteiger partial charge in [-0.15, -0.1) is 0 Å². The quantitative estimate of drug-likeness (QED) is 0.324. The number of hydrogen-bond donors (Lipinski definition) is 0. The summed E-state index contributed by atoms with van der Waals surface area (Å²) in [7, 11) is 0. The summed E-state index contributed by atoms with van der Waals surface area (Å²) < 4.78 is 0. The third kappa shape index (κ3) is 3.00. The standard InChI is InChI=1S/C12H8.C12H10/c1-2-10-4-3-9(1)11-5-7-12(10)8-6-11;1-3-7-11(8-4-1)12-9-5-2-6-10-12/h1-8H;1-10H. The highest BCUT2D eigenvalue weighted by Gasteiger charge is 2.04. The first-order valence-corrected chi connectivity index (χ1v) is 8.21. The van der Waals surface area contributed by atoms with Crippen LogP contribution in [-0.4, -0.2) is 0 Å². The predicted octanol–water partition coefficient (Wildman–Crippen LogP) is 6.69. The van der Waals surface area contributed by atoms with Crippen LogP contribution in [0.25, 0.3) is 33.4 Å². The molecule has 4 bridgehead atoms. The van der Waals surface area contributed by atoms with E-state index in [1.807, 2.05) is 12.1 Å². The Kier molecular flexibility index (Phi) is 3.95. The fraction of sp³-hybridized carbons (Fsp3) is 0. The summed E-state index contributed by atoms with van der Waals surface area (Å²) in [6, 6.07) is 38.2. The van der Waals surface area contributed by atoms with E-state index in [0.29, 0.717) is 0 Å². The zero-order chi connectivity index (χ0) is 16.2. The Morgan fingerprint density at radius 3 is 0.667 bits per heavy atom. The van der Waals surface area contributed by atoms with E-state index >= 15 is 0 Å². The lowest BCUT2D eigenvalue weighted by Crippen LogP contribution is -1.85. The second-order valence-corrected chi connectivity index (χ2v) is 5.89. The van der Waals surface area contributed by atoms with Crippen molar-refractivity contribution in [3.05, 3.63) is 109 Å². The van der Waals surface area contributed by atoms with Crippen LogP contribution >= 0.6 is 0 Å². The molecule has 0 nitrogen and oxygen atoms in total.